The van der Waals surface area contributed by atoms with Crippen molar-refractivity contribution in [1.82, 2.24) is 4.98 Å². The van der Waals surface area contributed by atoms with E-state index in [1.165, 1.54) is 6.07 Å². The largest absolute Gasteiger partial charge is 0.290 e. The van der Waals surface area contributed by atoms with E-state index < -0.39 is 0 Å². The Hall–Kier alpha value is -1.74. The number of fused-ring (bicyclic) bond motifs is 2. The van der Waals surface area contributed by atoms with E-state index in [4.69, 9.17) is 0 Å². The maximum absolute atomic E-state index is 11.2. The summed E-state index contributed by atoms with van der Waals surface area (Å²) >= 11 is 1.57. The molecule has 1 aliphatic carbocycles. The van der Waals surface area contributed by atoms with Crippen molar-refractivity contribution in [2.24, 2.45) is 0 Å². The minimum absolute atomic E-state index is 0.0177. The van der Waals surface area contributed by atoms with Gasteiger partial charge in [0.25, 0.3) is 0 Å². The number of hydrogen-bond donors (Lipinski definition) is 0. The summed E-state index contributed by atoms with van der Waals surface area (Å²) in [6.07, 6.45) is 0. The molecule has 71 valence electrons. The summed E-state index contributed by atoms with van der Waals surface area (Å²) in [4.78, 5) is 16.5. The van der Waals surface area contributed by atoms with E-state index in [1.54, 1.807) is 17.4 Å². The Kier molecular flexibility index (Phi) is 1.79. The van der Waals surface area contributed by atoms with Crippen molar-refractivity contribution >= 4 is 21.6 Å². The third-order valence-electron chi connectivity index (χ3n) is 2.18. The average molecular weight is 212 g/mol. The number of aromatic nitrogens is 1. The van der Waals surface area contributed by atoms with Crippen molar-refractivity contribution in [3.8, 4) is 10.6 Å². The Morgan fingerprint density at radius 3 is 3.07 bits per heavy atom. The van der Waals surface area contributed by atoms with Crippen LogP contribution in [-0.4, -0.2) is 4.98 Å². The second kappa shape index (κ2) is 3.14. The van der Waals surface area contributed by atoms with Crippen LogP contribution in [0.3, 0.4) is 0 Å². The highest BCUT2D eigenvalue weighted by atomic mass is 32.1. The quantitative estimate of drug-likeness (QED) is 0.536. The molecule has 0 aromatic heterocycles. The fourth-order valence-electron chi connectivity index (χ4n) is 1.49. The van der Waals surface area contributed by atoms with Gasteiger partial charge in [-0.3, -0.25) is 4.79 Å². The summed E-state index contributed by atoms with van der Waals surface area (Å²) in [5.74, 6) is 0. The zero-order chi connectivity index (χ0) is 10.3. The molecule has 15 heavy (non-hydrogen) atoms. The van der Waals surface area contributed by atoms with E-state index in [2.05, 4.69) is 11.1 Å². The molecule has 3 rings (SSSR count). The van der Waals surface area contributed by atoms with Gasteiger partial charge >= 0.3 is 0 Å². The fraction of sp³-hybridized carbons (Fsp3) is 0. The zero-order valence-electron chi connectivity index (χ0n) is 7.73. The molecule has 1 heterocycles. The van der Waals surface area contributed by atoms with Crippen LogP contribution >= 0.6 is 11.3 Å². The Balaban J connectivity index is 2.49. The molecule has 0 atom stereocenters. The minimum Gasteiger partial charge on any atom is -0.290 e. The van der Waals surface area contributed by atoms with Gasteiger partial charge in [0.15, 0.2) is 5.43 Å². The second-order valence-electron chi connectivity index (χ2n) is 3.23. The van der Waals surface area contributed by atoms with Gasteiger partial charge in [-0.25, -0.2) is 4.98 Å². The number of benzene rings is 2. The molecule has 0 spiro atoms. The van der Waals surface area contributed by atoms with Crippen molar-refractivity contribution in [3.05, 3.63) is 52.7 Å². The highest BCUT2D eigenvalue weighted by molar-refractivity contribution is 7.21. The Morgan fingerprint density at radius 2 is 2.13 bits per heavy atom. The molecule has 2 aliphatic rings. The lowest BCUT2D eigenvalue weighted by Crippen LogP contribution is -1.98. The molecule has 0 N–H and O–H groups in total. The first-order valence-electron chi connectivity index (χ1n) is 4.54. The molecule has 1 aromatic carbocycles. The lowest BCUT2D eigenvalue weighted by atomic mass is 10.2. The van der Waals surface area contributed by atoms with Gasteiger partial charge in [-0.05, 0) is 18.2 Å². The molecule has 0 saturated carbocycles. The summed E-state index contributed by atoms with van der Waals surface area (Å²) in [5, 5.41) is 0. The second-order valence-corrected chi connectivity index (χ2v) is 4.31. The molecular formula is C12H6NOS. The van der Waals surface area contributed by atoms with Crippen LogP contribution < -0.4 is 5.43 Å². The Morgan fingerprint density at radius 1 is 1.27 bits per heavy atom. The summed E-state index contributed by atoms with van der Waals surface area (Å²) in [5.41, 5.74) is 1.69. The smallest absolute Gasteiger partial charge is 0.180 e. The van der Waals surface area contributed by atoms with Gasteiger partial charge in [0.1, 0.15) is 0 Å². The van der Waals surface area contributed by atoms with Crippen LogP contribution in [0.25, 0.3) is 20.8 Å². The van der Waals surface area contributed by atoms with Crippen LogP contribution in [-0.2, 0) is 0 Å². The topological polar surface area (TPSA) is 30.0 Å². The first kappa shape index (κ1) is 8.56. The van der Waals surface area contributed by atoms with Gasteiger partial charge in [-0.15, -0.1) is 11.3 Å². The summed E-state index contributed by atoms with van der Waals surface area (Å²) in [7, 11) is 0. The predicted octanol–water partition coefficient (Wildman–Crippen LogP) is 2.56. The third kappa shape index (κ3) is 1.41. The number of para-hydroxylation sites is 1. The third-order valence-corrected chi connectivity index (χ3v) is 3.27. The van der Waals surface area contributed by atoms with Crippen molar-refractivity contribution in [1.29, 1.82) is 0 Å². The highest BCUT2D eigenvalue weighted by Crippen LogP contribution is 2.28. The molecule has 0 amide bonds. The van der Waals surface area contributed by atoms with Crippen LogP contribution in [0.5, 0.6) is 0 Å². The van der Waals surface area contributed by atoms with Crippen LogP contribution in [0.4, 0.5) is 0 Å². The molecule has 1 aromatic rings. The first-order valence-corrected chi connectivity index (χ1v) is 5.36. The highest BCUT2D eigenvalue weighted by Gasteiger charge is 2.06. The zero-order valence-corrected chi connectivity index (χ0v) is 8.54. The van der Waals surface area contributed by atoms with Crippen molar-refractivity contribution in [2.75, 3.05) is 0 Å². The standard InChI is InChI=1S/C12H6NOS/c14-8-5-6-10-12(7-8)15-11-4-2-1-3-9(11)13-10/h1-5,7H. The number of nitrogens with zero attached hydrogens (tertiary/aromatic N) is 1. The van der Waals surface area contributed by atoms with E-state index in [-0.39, 0.29) is 5.43 Å². The average Bonchev–Trinajstić information content (AvgIpc) is 2.26. The van der Waals surface area contributed by atoms with Crippen molar-refractivity contribution in [2.45, 2.75) is 0 Å². The van der Waals surface area contributed by atoms with Gasteiger partial charge in [0.2, 0.25) is 0 Å². The predicted molar refractivity (Wildman–Crippen MR) is 61.3 cm³/mol. The van der Waals surface area contributed by atoms with Crippen molar-refractivity contribution < 1.29 is 0 Å². The first-order chi connectivity index (χ1) is 7.33. The van der Waals surface area contributed by atoms with Crippen LogP contribution in [0, 0.1) is 6.07 Å². The van der Waals surface area contributed by atoms with Crippen LogP contribution in [0.2, 0.25) is 0 Å². The molecule has 0 unspecified atom stereocenters. The molecule has 3 heteroatoms. The maximum Gasteiger partial charge on any atom is 0.180 e. The van der Waals surface area contributed by atoms with Gasteiger partial charge in [0.05, 0.1) is 20.8 Å². The maximum atomic E-state index is 11.2. The van der Waals surface area contributed by atoms with Gasteiger partial charge < -0.3 is 0 Å². The SMILES string of the molecule is O=c1c[c]c2nc3ccccc3sc-2c1. The normalized spacial score (nSPS) is 10.9. The Bertz CT molecular complexity index is 659. The molecule has 0 fully saturated rings. The Labute approximate surface area is 90.2 Å². The number of rotatable bonds is 0. The fourth-order valence-corrected chi connectivity index (χ4v) is 2.47. The lowest BCUT2D eigenvalue weighted by molar-refractivity contribution is 1.40. The molecule has 0 bridgehead atoms. The lowest BCUT2D eigenvalue weighted by Gasteiger charge is -2.03. The molecule has 1 radical (unpaired) electrons. The van der Waals surface area contributed by atoms with Crippen LogP contribution in [0.15, 0.2) is 41.2 Å². The minimum atomic E-state index is -0.0177. The monoisotopic (exact) mass is 212 g/mol. The van der Waals surface area contributed by atoms with Crippen LogP contribution in [0.1, 0.15) is 0 Å². The van der Waals surface area contributed by atoms with Gasteiger partial charge in [0, 0.05) is 12.1 Å². The summed E-state index contributed by atoms with van der Waals surface area (Å²) in [6, 6.07) is 13.8. The molecular weight excluding hydrogens is 206 g/mol. The van der Waals surface area contributed by atoms with E-state index in [1.807, 2.05) is 24.3 Å². The van der Waals surface area contributed by atoms with E-state index in [0.29, 0.717) is 0 Å². The van der Waals surface area contributed by atoms with Gasteiger partial charge in [-0.1, -0.05) is 12.1 Å². The molecule has 2 nitrogen and oxygen atoms in total. The summed E-state index contributed by atoms with van der Waals surface area (Å²) in [6.45, 7) is 0. The van der Waals surface area contributed by atoms with E-state index >= 15 is 0 Å². The molecule has 1 aliphatic heterocycles. The molecule has 0 saturated heterocycles. The number of hydrogen-bond acceptors (Lipinski definition) is 3. The van der Waals surface area contributed by atoms with E-state index in [0.717, 1.165) is 20.8 Å². The van der Waals surface area contributed by atoms with Crippen molar-refractivity contribution in [3.63, 3.8) is 0 Å². The summed E-state index contributed by atoms with van der Waals surface area (Å²) < 4.78 is 1.09. The van der Waals surface area contributed by atoms with Gasteiger partial charge in [-0.2, -0.15) is 0 Å². The van der Waals surface area contributed by atoms with E-state index in [9.17, 15) is 4.79 Å².